The van der Waals surface area contributed by atoms with Gasteiger partial charge in [-0.2, -0.15) is 4.68 Å². The fourth-order valence-electron chi connectivity index (χ4n) is 1.15. The minimum atomic E-state index is -0.484. The van der Waals surface area contributed by atoms with Gasteiger partial charge in [0.05, 0.1) is 13.7 Å². The topological polar surface area (TPSA) is 72.8 Å². The summed E-state index contributed by atoms with van der Waals surface area (Å²) < 4.78 is 14.1. The molecule has 1 aromatic carbocycles. The molecule has 0 fully saturated rings. The van der Waals surface area contributed by atoms with E-state index in [-0.39, 0.29) is 6.04 Å². The summed E-state index contributed by atoms with van der Waals surface area (Å²) in [5.74, 6) is 0.412. The van der Waals surface area contributed by atoms with Crippen molar-refractivity contribution in [1.29, 1.82) is 0 Å². The van der Waals surface area contributed by atoms with Crippen molar-refractivity contribution >= 4 is 0 Å². The molecule has 0 atom stereocenters. The number of H-pyrrole nitrogens is 1. The van der Waals surface area contributed by atoms with E-state index in [0.29, 0.717) is 18.0 Å². The van der Waals surface area contributed by atoms with Gasteiger partial charge in [0.1, 0.15) is 5.75 Å². The smallest absolute Gasteiger partial charge is 0.365 e. The lowest BCUT2D eigenvalue weighted by atomic mass is 10.3. The lowest BCUT2D eigenvalue weighted by Gasteiger charge is -2.04. The van der Waals surface area contributed by atoms with Gasteiger partial charge in [0, 0.05) is 6.04 Å². The zero-order chi connectivity index (χ0) is 11.5. The Hall–Kier alpha value is -2.11. The van der Waals surface area contributed by atoms with E-state index in [4.69, 9.17) is 6.11 Å². The first kappa shape index (κ1) is 8.22. The predicted molar refractivity (Wildman–Crippen MR) is 53.1 cm³/mol. The van der Waals surface area contributed by atoms with Gasteiger partial charge in [-0.25, -0.2) is 9.89 Å². The summed E-state index contributed by atoms with van der Waals surface area (Å²) in [6.45, 7) is 2.29. The van der Waals surface area contributed by atoms with Crippen LogP contribution in [-0.4, -0.2) is 26.8 Å². The highest BCUT2D eigenvalue weighted by atomic mass is 16.5. The van der Waals surface area contributed by atoms with Gasteiger partial charge in [-0.1, -0.05) is 6.07 Å². The molecule has 0 bridgehead atoms. The molecular weight excluding hydrogens is 196 g/mol. The molecule has 0 aliphatic heterocycles. The second-order valence-electron chi connectivity index (χ2n) is 2.75. The van der Waals surface area contributed by atoms with E-state index in [9.17, 15) is 4.79 Å². The third-order valence-corrected chi connectivity index (χ3v) is 1.75. The SMILES string of the molecule is [3H]c1c(OCC)cccc1-n1nn[nH]c1=O. The quantitative estimate of drug-likeness (QED) is 0.790. The Balaban J connectivity index is 2.54. The van der Waals surface area contributed by atoms with Crippen molar-refractivity contribution in [2.24, 2.45) is 0 Å². The average Bonchev–Trinajstić information content (AvgIpc) is 2.68. The maximum absolute atomic E-state index is 11.3. The van der Waals surface area contributed by atoms with Gasteiger partial charge >= 0.3 is 5.69 Å². The first-order chi connectivity index (χ1) is 7.74. The number of benzene rings is 1. The Morgan fingerprint density at radius 1 is 1.67 bits per heavy atom. The molecule has 0 unspecified atom stereocenters. The summed E-state index contributed by atoms with van der Waals surface area (Å²) in [6, 6.07) is 5.08. The van der Waals surface area contributed by atoms with Crippen LogP contribution in [0.5, 0.6) is 5.75 Å². The van der Waals surface area contributed by atoms with Crippen LogP contribution in [0.4, 0.5) is 0 Å². The number of nitrogens with zero attached hydrogens (tertiary/aromatic N) is 3. The van der Waals surface area contributed by atoms with Crippen molar-refractivity contribution in [2.45, 2.75) is 6.92 Å². The van der Waals surface area contributed by atoms with E-state index < -0.39 is 5.69 Å². The molecular formula is C9H10N4O2. The predicted octanol–water partition coefficient (Wildman–Crippen LogP) is 0.354. The first-order valence-electron chi connectivity index (χ1n) is 4.97. The second kappa shape index (κ2) is 3.95. The molecule has 2 aromatic rings. The molecule has 1 N–H and O–H groups in total. The van der Waals surface area contributed by atoms with Gasteiger partial charge in [0.25, 0.3) is 0 Å². The van der Waals surface area contributed by atoms with Crippen molar-refractivity contribution in [3.8, 4) is 11.4 Å². The van der Waals surface area contributed by atoms with Crippen LogP contribution in [-0.2, 0) is 0 Å². The van der Waals surface area contributed by atoms with Crippen molar-refractivity contribution in [2.75, 3.05) is 6.61 Å². The molecule has 2 rings (SSSR count). The molecule has 0 saturated heterocycles. The highest BCUT2D eigenvalue weighted by molar-refractivity contribution is 5.37. The fraction of sp³-hybridized carbons (Fsp3) is 0.222. The molecule has 1 heterocycles. The minimum Gasteiger partial charge on any atom is -0.494 e. The number of hydrogen-bond donors (Lipinski definition) is 1. The van der Waals surface area contributed by atoms with Crippen LogP contribution in [0.25, 0.3) is 5.69 Å². The number of hydrogen-bond acceptors (Lipinski definition) is 4. The number of nitrogens with one attached hydrogen (secondary N) is 1. The number of ether oxygens (including phenoxy) is 1. The third kappa shape index (κ3) is 1.88. The van der Waals surface area contributed by atoms with E-state index in [1.807, 2.05) is 6.92 Å². The summed E-state index contributed by atoms with van der Waals surface area (Å²) in [7, 11) is 0. The average molecular weight is 208 g/mol. The summed E-state index contributed by atoms with van der Waals surface area (Å²) in [5, 5.41) is 9.11. The fourth-order valence-corrected chi connectivity index (χ4v) is 1.15. The van der Waals surface area contributed by atoms with Crippen molar-refractivity contribution in [3.63, 3.8) is 0 Å². The standard InChI is InChI=1S/C9H10N4O2/c1-2-15-8-5-3-4-7(6-8)13-9(14)10-11-12-13/h3-6H,2H2,1H3,(H,10,12,14)/i6T. The lowest BCUT2D eigenvalue weighted by molar-refractivity contribution is 0.340. The summed E-state index contributed by atoms with van der Waals surface area (Å²) in [6.07, 6.45) is 0. The van der Waals surface area contributed by atoms with Crippen LogP contribution in [0, 0.1) is 0 Å². The van der Waals surface area contributed by atoms with Crippen molar-refractivity contribution < 1.29 is 6.11 Å². The van der Waals surface area contributed by atoms with Gasteiger partial charge in [0.15, 0.2) is 0 Å². The maximum atomic E-state index is 11.3. The van der Waals surface area contributed by atoms with Crippen LogP contribution in [0.2, 0.25) is 0 Å². The number of aromatic nitrogens is 4. The minimum absolute atomic E-state index is 0.111. The van der Waals surface area contributed by atoms with Crippen LogP contribution in [0.15, 0.2) is 29.0 Å². The first-order valence-corrected chi connectivity index (χ1v) is 4.47. The normalized spacial score (nSPS) is 11.1. The molecule has 0 radical (unpaired) electrons. The van der Waals surface area contributed by atoms with Gasteiger partial charge in [-0.3, -0.25) is 0 Å². The molecule has 0 saturated carbocycles. The molecule has 0 amide bonds. The number of rotatable bonds is 3. The molecule has 6 nitrogen and oxygen atoms in total. The van der Waals surface area contributed by atoms with E-state index in [1.165, 1.54) is 0 Å². The molecule has 0 aliphatic rings. The van der Waals surface area contributed by atoms with Crippen molar-refractivity contribution in [1.82, 2.24) is 20.2 Å². The molecule has 6 heteroatoms. The van der Waals surface area contributed by atoms with Crippen LogP contribution >= 0.6 is 0 Å². The van der Waals surface area contributed by atoms with Gasteiger partial charge in [0.2, 0.25) is 0 Å². The van der Waals surface area contributed by atoms with E-state index in [2.05, 4.69) is 15.5 Å². The number of tetrazole rings is 1. The van der Waals surface area contributed by atoms with Gasteiger partial charge < -0.3 is 4.74 Å². The summed E-state index contributed by atoms with van der Waals surface area (Å²) >= 11 is 0. The van der Waals surface area contributed by atoms with E-state index >= 15 is 0 Å². The Bertz CT molecular complexity index is 548. The van der Waals surface area contributed by atoms with Gasteiger partial charge in [-0.05, 0) is 29.5 Å². The van der Waals surface area contributed by atoms with Gasteiger partial charge in [-0.15, -0.1) is 0 Å². The Kier molecular flexibility index (Phi) is 2.17. The summed E-state index contributed by atoms with van der Waals surface area (Å²) in [5.41, 5.74) is -0.146. The zero-order valence-electron chi connectivity index (χ0n) is 9.10. The molecule has 15 heavy (non-hydrogen) atoms. The second-order valence-corrected chi connectivity index (χ2v) is 2.75. The zero-order valence-corrected chi connectivity index (χ0v) is 8.10. The molecule has 1 aromatic heterocycles. The Morgan fingerprint density at radius 3 is 3.20 bits per heavy atom. The highest BCUT2D eigenvalue weighted by Gasteiger charge is 2.03. The lowest BCUT2D eigenvalue weighted by Crippen LogP contribution is -2.15. The Labute approximate surface area is 86.9 Å². The van der Waals surface area contributed by atoms with E-state index in [0.717, 1.165) is 4.68 Å². The largest absolute Gasteiger partial charge is 0.494 e. The molecule has 0 spiro atoms. The molecule has 78 valence electrons. The monoisotopic (exact) mass is 208 g/mol. The third-order valence-electron chi connectivity index (χ3n) is 1.75. The number of aromatic amines is 1. The maximum Gasteiger partial charge on any atom is 0.365 e. The van der Waals surface area contributed by atoms with Crippen LogP contribution < -0.4 is 10.4 Å². The summed E-state index contributed by atoms with van der Waals surface area (Å²) in [4.78, 5) is 11.3. The van der Waals surface area contributed by atoms with Crippen LogP contribution in [0.3, 0.4) is 0 Å². The molecule has 0 aliphatic carbocycles. The Morgan fingerprint density at radius 2 is 2.53 bits per heavy atom. The van der Waals surface area contributed by atoms with E-state index in [1.54, 1.807) is 18.2 Å². The van der Waals surface area contributed by atoms with Crippen molar-refractivity contribution in [3.05, 3.63) is 34.7 Å². The van der Waals surface area contributed by atoms with Crippen LogP contribution in [0.1, 0.15) is 8.29 Å². The highest BCUT2D eigenvalue weighted by Crippen LogP contribution is 2.14.